The van der Waals surface area contributed by atoms with E-state index in [-0.39, 0.29) is 5.41 Å². The summed E-state index contributed by atoms with van der Waals surface area (Å²) < 4.78 is 0. The van der Waals surface area contributed by atoms with Crippen LogP contribution in [0.3, 0.4) is 0 Å². The van der Waals surface area contributed by atoms with Crippen LogP contribution in [0.2, 0.25) is 0 Å². The van der Waals surface area contributed by atoms with Crippen molar-refractivity contribution in [3.05, 3.63) is 12.3 Å². The maximum Gasteiger partial charge on any atom is 0.0478 e. The fraction of sp³-hybridized carbons (Fsp3) is 0.857. The zero-order valence-electron chi connectivity index (χ0n) is 11.1. The molecule has 1 N–H and O–H groups in total. The highest BCUT2D eigenvalue weighted by atomic mass is 16.5. The van der Waals surface area contributed by atoms with E-state index in [9.17, 15) is 5.21 Å². The summed E-state index contributed by atoms with van der Waals surface area (Å²) in [6, 6.07) is 0. The van der Waals surface area contributed by atoms with Gasteiger partial charge >= 0.3 is 0 Å². The van der Waals surface area contributed by atoms with Crippen molar-refractivity contribution in [1.82, 2.24) is 5.06 Å². The van der Waals surface area contributed by atoms with Gasteiger partial charge in [-0.3, -0.25) is 10.3 Å². The third kappa shape index (κ3) is 3.51. The van der Waals surface area contributed by atoms with Gasteiger partial charge in [-0.15, -0.1) is 0 Å². The average Bonchev–Trinajstić information content (AvgIpc) is 2.29. The minimum atomic E-state index is 0.00339. The minimum absolute atomic E-state index is 0.00339. The molecular weight excluding hydrogens is 198 g/mol. The number of allylic oxidation sites excluding steroid dienone is 1. The monoisotopic (exact) mass is 225 g/mol. The largest absolute Gasteiger partial charge is 0.289 e. The van der Waals surface area contributed by atoms with Crippen molar-refractivity contribution in [2.24, 2.45) is 11.3 Å². The molecule has 0 atom stereocenters. The molecule has 0 aromatic rings. The lowest BCUT2D eigenvalue weighted by Gasteiger charge is -2.34. The van der Waals surface area contributed by atoms with Crippen molar-refractivity contribution < 1.29 is 5.21 Å². The quantitative estimate of drug-likeness (QED) is 0.709. The lowest BCUT2D eigenvalue weighted by molar-refractivity contribution is -0.0862. The van der Waals surface area contributed by atoms with E-state index in [0.717, 1.165) is 18.7 Å². The third-order valence-electron chi connectivity index (χ3n) is 4.13. The molecule has 94 valence electrons. The fourth-order valence-corrected chi connectivity index (χ4v) is 2.28. The highest BCUT2D eigenvalue weighted by molar-refractivity contribution is 5.03. The van der Waals surface area contributed by atoms with Crippen LogP contribution in [0.25, 0.3) is 0 Å². The highest BCUT2D eigenvalue weighted by Gasteiger charge is 2.25. The standard InChI is InChI=1S/C14H27NO/c1-5-14(3,4)12(2)15(16)11-13-9-7-6-8-10-13/h13,16H,2,5-11H2,1,3-4H3. The molecule has 2 nitrogen and oxygen atoms in total. The molecule has 0 aliphatic heterocycles. The highest BCUT2D eigenvalue weighted by Crippen LogP contribution is 2.32. The Bertz CT molecular complexity index is 229. The first-order valence-electron chi connectivity index (χ1n) is 6.63. The number of hydrogen-bond donors (Lipinski definition) is 1. The predicted octanol–water partition coefficient (Wildman–Crippen LogP) is 4.21. The van der Waals surface area contributed by atoms with Gasteiger partial charge in [-0.25, -0.2) is 0 Å². The van der Waals surface area contributed by atoms with E-state index in [1.807, 2.05) is 0 Å². The molecule has 1 aliphatic carbocycles. The Morgan fingerprint density at radius 1 is 1.31 bits per heavy atom. The molecule has 0 amide bonds. The van der Waals surface area contributed by atoms with Crippen molar-refractivity contribution >= 4 is 0 Å². The number of hydrogen-bond acceptors (Lipinski definition) is 2. The molecule has 1 aliphatic rings. The normalized spacial score (nSPS) is 18.5. The molecule has 1 saturated carbocycles. The molecule has 0 saturated heterocycles. The predicted molar refractivity (Wildman–Crippen MR) is 68.3 cm³/mol. The zero-order valence-corrected chi connectivity index (χ0v) is 11.1. The Labute approximate surface area is 100 Å². The first-order valence-corrected chi connectivity index (χ1v) is 6.63. The van der Waals surface area contributed by atoms with Crippen LogP contribution >= 0.6 is 0 Å². The van der Waals surface area contributed by atoms with E-state index >= 15 is 0 Å². The summed E-state index contributed by atoms with van der Waals surface area (Å²) in [6.45, 7) is 11.2. The summed E-state index contributed by atoms with van der Waals surface area (Å²) in [5, 5.41) is 11.5. The van der Waals surface area contributed by atoms with E-state index in [4.69, 9.17) is 0 Å². The van der Waals surface area contributed by atoms with Gasteiger partial charge in [-0.05, 0) is 25.2 Å². The third-order valence-corrected chi connectivity index (χ3v) is 4.13. The van der Waals surface area contributed by atoms with E-state index in [1.165, 1.54) is 37.2 Å². The second-order valence-corrected chi connectivity index (χ2v) is 5.77. The topological polar surface area (TPSA) is 23.5 Å². The van der Waals surface area contributed by atoms with Gasteiger partial charge in [0.2, 0.25) is 0 Å². The lowest BCUT2D eigenvalue weighted by Crippen LogP contribution is -2.32. The average molecular weight is 225 g/mol. The number of nitrogens with zero attached hydrogens (tertiary/aromatic N) is 1. The smallest absolute Gasteiger partial charge is 0.0478 e. The van der Waals surface area contributed by atoms with E-state index < -0.39 is 0 Å². The lowest BCUT2D eigenvalue weighted by atomic mass is 9.85. The summed E-state index contributed by atoms with van der Waals surface area (Å²) >= 11 is 0. The van der Waals surface area contributed by atoms with Gasteiger partial charge in [0.1, 0.15) is 0 Å². The first-order chi connectivity index (χ1) is 7.47. The van der Waals surface area contributed by atoms with Gasteiger partial charge in [0.25, 0.3) is 0 Å². The van der Waals surface area contributed by atoms with Crippen molar-refractivity contribution in [1.29, 1.82) is 0 Å². The van der Waals surface area contributed by atoms with Crippen LogP contribution in [0.4, 0.5) is 0 Å². The van der Waals surface area contributed by atoms with Crippen LogP contribution in [-0.2, 0) is 0 Å². The fourth-order valence-electron chi connectivity index (χ4n) is 2.28. The molecule has 1 fully saturated rings. The summed E-state index contributed by atoms with van der Waals surface area (Å²) in [4.78, 5) is 0. The van der Waals surface area contributed by atoms with Crippen LogP contribution in [0.5, 0.6) is 0 Å². The van der Waals surface area contributed by atoms with Crippen molar-refractivity contribution in [3.8, 4) is 0 Å². The van der Waals surface area contributed by atoms with E-state index in [0.29, 0.717) is 5.92 Å². The molecule has 16 heavy (non-hydrogen) atoms. The minimum Gasteiger partial charge on any atom is -0.289 e. The molecule has 0 aromatic heterocycles. The Morgan fingerprint density at radius 2 is 1.88 bits per heavy atom. The summed E-state index contributed by atoms with van der Waals surface area (Å²) in [5.41, 5.74) is 0.865. The summed E-state index contributed by atoms with van der Waals surface area (Å²) in [6.07, 6.45) is 7.54. The molecule has 0 unspecified atom stereocenters. The number of rotatable bonds is 5. The molecule has 0 spiro atoms. The maximum atomic E-state index is 10.1. The summed E-state index contributed by atoms with van der Waals surface area (Å²) in [5.74, 6) is 0.656. The molecule has 0 aromatic carbocycles. The van der Waals surface area contributed by atoms with Crippen molar-refractivity contribution in [3.63, 3.8) is 0 Å². The van der Waals surface area contributed by atoms with E-state index in [1.54, 1.807) is 0 Å². The molecule has 0 radical (unpaired) electrons. The van der Waals surface area contributed by atoms with Crippen LogP contribution in [0, 0.1) is 11.3 Å². The Kier molecular flexibility index (Phi) is 4.85. The van der Waals surface area contributed by atoms with Gasteiger partial charge in [0.15, 0.2) is 0 Å². The van der Waals surface area contributed by atoms with Crippen LogP contribution in [0.15, 0.2) is 12.3 Å². The van der Waals surface area contributed by atoms with Crippen molar-refractivity contribution in [2.45, 2.75) is 59.3 Å². The molecule has 2 heteroatoms. The maximum absolute atomic E-state index is 10.1. The van der Waals surface area contributed by atoms with Crippen LogP contribution in [0.1, 0.15) is 59.3 Å². The number of hydroxylamine groups is 2. The Morgan fingerprint density at radius 3 is 2.38 bits per heavy atom. The van der Waals surface area contributed by atoms with Gasteiger partial charge in [-0.1, -0.05) is 46.6 Å². The second kappa shape index (κ2) is 5.72. The molecule has 1 rings (SSSR count). The molecular formula is C14H27NO. The molecule has 0 heterocycles. The molecule has 0 bridgehead atoms. The Balaban J connectivity index is 2.44. The van der Waals surface area contributed by atoms with Crippen molar-refractivity contribution in [2.75, 3.05) is 6.54 Å². The SMILES string of the molecule is C=C(N(O)CC1CCCCC1)C(C)(C)CC. The summed E-state index contributed by atoms with van der Waals surface area (Å²) in [7, 11) is 0. The zero-order chi connectivity index (χ0) is 12.2. The van der Waals surface area contributed by atoms with Gasteiger partial charge < -0.3 is 0 Å². The first kappa shape index (κ1) is 13.6. The van der Waals surface area contributed by atoms with E-state index in [2.05, 4.69) is 27.4 Å². The second-order valence-electron chi connectivity index (χ2n) is 5.77. The van der Waals surface area contributed by atoms with Crippen LogP contribution < -0.4 is 0 Å². The van der Waals surface area contributed by atoms with Crippen LogP contribution in [-0.4, -0.2) is 16.8 Å². The van der Waals surface area contributed by atoms with Gasteiger partial charge in [-0.2, -0.15) is 0 Å². The Hall–Kier alpha value is -0.500. The van der Waals surface area contributed by atoms with Gasteiger partial charge in [0, 0.05) is 17.7 Å². The van der Waals surface area contributed by atoms with Gasteiger partial charge in [0.05, 0.1) is 0 Å².